The number of nitrogens with one attached hydrogen (secondary N) is 1. The zero-order chi connectivity index (χ0) is 21.3. The Labute approximate surface area is 180 Å². The van der Waals surface area contributed by atoms with E-state index in [1.54, 1.807) is 0 Å². The number of ether oxygens (including phenoxy) is 1. The number of hydrogen-bond donors (Lipinski definition) is 1. The molecule has 30 heavy (non-hydrogen) atoms. The van der Waals surface area contributed by atoms with Gasteiger partial charge in [0.15, 0.2) is 0 Å². The number of carbonyl (C=O) groups is 2. The fraction of sp³-hybridized carbons (Fsp3) is 0.652. The van der Waals surface area contributed by atoms with Crippen LogP contribution in [0.5, 0.6) is 5.75 Å². The minimum absolute atomic E-state index is 0.00545. The quantitative estimate of drug-likeness (QED) is 0.665. The minimum atomic E-state index is -0.00545. The molecule has 7 heteroatoms. The number of nitrogens with zero attached hydrogens (tertiary/aromatic N) is 3. The molecule has 1 atom stereocenters. The fourth-order valence-corrected chi connectivity index (χ4v) is 4.39. The first kappa shape index (κ1) is 22.6. The molecule has 7 nitrogen and oxygen atoms in total. The van der Waals surface area contributed by atoms with Crippen LogP contribution in [0.15, 0.2) is 24.3 Å². The molecule has 1 aromatic carbocycles. The van der Waals surface area contributed by atoms with E-state index in [9.17, 15) is 9.59 Å². The fourth-order valence-electron chi connectivity index (χ4n) is 4.39. The number of piperazine rings is 1. The summed E-state index contributed by atoms with van der Waals surface area (Å²) in [5, 5.41) is 3.27. The summed E-state index contributed by atoms with van der Waals surface area (Å²) < 4.78 is 5.50. The Hall–Kier alpha value is -2.12. The molecular formula is C23H36N4O3. The monoisotopic (exact) mass is 416 g/mol. The molecule has 0 unspecified atom stereocenters. The van der Waals surface area contributed by atoms with Crippen molar-refractivity contribution in [3.63, 3.8) is 0 Å². The van der Waals surface area contributed by atoms with Gasteiger partial charge >= 0.3 is 0 Å². The molecule has 2 aliphatic rings. The van der Waals surface area contributed by atoms with Crippen LogP contribution in [-0.4, -0.2) is 91.5 Å². The maximum absolute atomic E-state index is 13.3. The Kier molecular flexibility index (Phi) is 8.51. The van der Waals surface area contributed by atoms with E-state index < -0.39 is 0 Å². The number of rotatable bonds is 9. The second-order valence-corrected chi connectivity index (χ2v) is 8.01. The van der Waals surface area contributed by atoms with Gasteiger partial charge in [-0.1, -0.05) is 6.92 Å². The Morgan fingerprint density at radius 3 is 2.53 bits per heavy atom. The van der Waals surface area contributed by atoms with E-state index in [1.807, 2.05) is 41.0 Å². The van der Waals surface area contributed by atoms with Crippen LogP contribution >= 0.6 is 0 Å². The highest BCUT2D eigenvalue weighted by Crippen LogP contribution is 2.20. The first-order chi connectivity index (χ1) is 14.6. The van der Waals surface area contributed by atoms with E-state index in [-0.39, 0.29) is 11.8 Å². The summed E-state index contributed by atoms with van der Waals surface area (Å²) in [6.07, 6.45) is 2.65. The third-order valence-corrected chi connectivity index (χ3v) is 6.10. The maximum atomic E-state index is 13.3. The lowest BCUT2D eigenvalue weighted by molar-refractivity contribution is -0.132. The van der Waals surface area contributed by atoms with Crippen LogP contribution in [-0.2, 0) is 4.79 Å². The van der Waals surface area contributed by atoms with Gasteiger partial charge in [-0.05, 0) is 57.1 Å². The third-order valence-electron chi connectivity index (χ3n) is 6.10. The lowest BCUT2D eigenvalue weighted by atomic mass is 10.1. The summed E-state index contributed by atoms with van der Waals surface area (Å²) in [6, 6.07) is 7.70. The molecule has 0 saturated carbocycles. The first-order valence-corrected chi connectivity index (χ1v) is 11.4. The van der Waals surface area contributed by atoms with Crippen molar-refractivity contribution in [1.29, 1.82) is 0 Å². The molecule has 2 fully saturated rings. The zero-order valence-corrected chi connectivity index (χ0v) is 18.4. The highest BCUT2D eigenvalue weighted by atomic mass is 16.5. The molecule has 0 spiro atoms. The van der Waals surface area contributed by atoms with Crippen molar-refractivity contribution >= 4 is 11.8 Å². The van der Waals surface area contributed by atoms with Gasteiger partial charge in [0.2, 0.25) is 5.91 Å². The minimum Gasteiger partial charge on any atom is -0.494 e. The van der Waals surface area contributed by atoms with Gasteiger partial charge in [-0.2, -0.15) is 0 Å². The number of carbonyl (C=O) groups excluding carboxylic acids is 2. The van der Waals surface area contributed by atoms with Crippen molar-refractivity contribution in [1.82, 2.24) is 20.0 Å². The lowest BCUT2D eigenvalue weighted by Crippen LogP contribution is -2.48. The molecule has 1 N–H and O–H groups in total. The van der Waals surface area contributed by atoms with Gasteiger partial charge in [-0.15, -0.1) is 0 Å². The van der Waals surface area contributed by atoms with E-state index in [0.717, 1.165) is 51.4 Å². The first-order valence-electron chi connectivity index (χ1n) is 11.4. The van der Waals surface area contributed by atoms with Crippen LogP contribution in [0.25, 0.3) is 0 Å². The summed E-state index contributed by atoms with van der Waals surface area (Å²) in [5.41, 5.74) is 0.647. The van der Waals surface area contributed by atoms with Crippen molar-refractivity contribution in [2.24, 2.45) is 0 Å². The van der Waals surface area contributed by atoms with E-state index in [0.29, 0.717) is 37.7 Å². The van der Waals surface area contributed by atoms with Crippen molar-refractivity contribution in [2.75, 3.05) is 59.0 Å². The van der Waals surface area contributed by atoms with Gasteiger partial charge in [0.1, 0.15) is 5.75 Å². The van der Waals surface area contributed by atoms with E-state index in [4.69, 9.17) is 4.74 Å². The number of hydrogen-bond acceptors (Lipinski definition) is 5. The van der Waals surface area contributed by atoms with Gasteiger partial charge in [-0.3, -0.25) is 14.5 Å². The summed E-state index contributed by atoms with van der Waals surface area (Å²) >= 11 is 0. The normalized spacial score (nSPS) is 19.7. The molecule has 2 heterocycles. The van der Waals surface area contributed by atoms with Crippen LogP contribution in [0.4, 0.5) is 0 Å². The average Bonchev–Trinajstić information content (AvgIpc) is 3.24. The largest absolute Gasteiger partial charge is 0.494 e. The predicted octanol–water partition coefficient (Wildman–Crippen LogP) is 1.83. The molecule has 0 radical (unpaired) electrons. The Balaban J connectivity index is 1.67. The van der Waals surface area contributed by atoms with Gasteiger partial charge in [0, 0.05) is 57.3 Å². The van der Waals surface area contributed by atoms with Gasteiger partial charge < -0.3 is 19.9 Å². The molecule has 3 rings (SSSR count). The van der Waals surface area contributed by atoms with Crippen molar-refractivity contribution in [3.8, 4) is 5.75 Å². The molecule has 2 amide bonds. The van der Waals surface area contributed by atoms with Crippen molar-refractivity contribution < 1.29 is 14.3 Å². The topological polar surface area (TPSA) is 65.1 Å². The second-order valence-electron chi connectivity index (χ2n) is 8.01. The number of benzene rings is 1. The highest BCUT2D eigenvalue weighted by molar-refractivity contribution is 5.94. The van der Waals surface area contributed by atoms with Crippen LogP contribution in [0.2, 0.25) is 0 Å². The number of likely N-dealkylation sites (tertiary alicyclic amines) is 1. The molecule has 0 aliphatic carbocycles. The SMILES string of the molecule is CCOc1ccc(C(=O)N(CCC(=O)N2CCNCC2)C[C@@H]2CCCN2CC)cc1. The standard InChI is InChI=1S/C23H36N4O3/c1-3-25-14-5-6-20(25)18-27(15-11-22(28)26-16-12-24-13-17-26)23(29)19-7-9-21(10-8-19)30-4-2/h7-10,20,24H,3-6,11-18H2,1-2H3/t20-/m0/s1. The molecule has 0 bridgehead atoms. The van der Waals surface area contributed by atoms with Crippen molar-refractivity contribution in [2.45, 2.75) is 39.2 Å². The lowest BCUT2D eigenvalue weighted by Gasteiger charge is -2.32. The predicted molar refractivity (Wildman–Crippen MR) is 118 cm³/mol. The Morgan fingerprint density at radius 1 is 1.13 bits per heavy atom. The molecule has 0 aromatic heterocycles. The Bertz CT molecular complexity index is 688. The second kappa shape index (κ2) is 11.3. The van der Waals surface area contributed by atoms with Gasteiger partial charge in [0.25, 0.3) is 5.91 Å². The van der Waals surface area contributed by atoms with Gasteiger partial charge in [-0.25, -0.2) is 0 Å². The molecule has 2 saturated heterocycles. The summed E-state index contributed by atoms with van der Waals surface area (Å²) in [7, 11) is 0. The molecule has 2 aliphatic heterocycles. The molecule has 166 valence electrons. The highest BCUT2D eigenvalue weighted by Gasteiger charge is 2.28. The average molecular weight is 417 g/mol. The van der Waals surface area contributed by atoms with E-state index in [1.165, 1.54) is 6.42 Å². The van der Waals surface area contributed by atoms with Crippen molar-refractivity contribution in [3.05, 3.63) is 29.8 Å². The summed E-state index contributed by atoms with van der Waals surface area (Å²) in [4.78, 5) is 32.2. The van der Waals surface area contributed by atoms with Crippen LogP contribution in [0.3, 0.4) is 0 Å². The summed E-state index contributed by atoms with van der Waals surface area (Å²) in [6.45, 7) is 11.1. The van der Waals surface area contributed by atoms with Gasteiger partial charge in [0.05, 0.1) is 6.61 Å². The van der Waals surface area contributed by atoms with Crippen LogP contribution in [0, 0.1) is 0 Å². The summed E-state index contributed by atoms with van der Waals surface area (Å²) in [5.74, 6) is 0.899. The maximum Gasteiger partial charge on any atom is 0.253 e. The van der Waals surface area contributed by atoms with E-state index >= 15 is 0 Å². The number of amides is 2. The third kappa shape index (κ3) is 5.95. The zero-order valence-electron chi connectivity index (χ0n) is 18.4. The van der Waals surface area contributed by atoms with E-state index in [2.05, 4.69) is 17.1 Å². The Morgan fingerprint density at radius 2 is 1.87 bits per heavy atom. The smallest absolute Gasteiger partial charge is 0.253 e. The number of likely N-dealkylation sites (N-methyl/N-ethyl adjacent to an activating group) is 1. The van der Waals surface area contributed by atoms with Crippen LogP contribution in [0.1, 0.15) is 43.5 Å². The molecular weight excluding hydrogens is 380 g/mol. The molecule has 1 aromatic rings. The van der Waals surface area contributed by atoms with Crippen LogP contribution < -0.4 is 10.1 Å².